The lowest BCUT2D eigenvalue weighted by atomic mass is 10.4. The predicted octanol–water partition coefficient (Wildman–Crippen LogP) is 1.86. The fourth-order valence-corrected chi connectivity index (χ4v) is 1.32. The Bertz CT molecular complexity index is 217. The number of hydrogen-bond donors (Lipinski definition) is 1. The third-order valence-corrected chi connectivity index (χ3v) is 1.88. The van der Waals surface area contributed by atoms with Crippen LogP contribution in [0.25, 0.3) is 0 Å². The summed E-state index contributed by atoms with van der Waals surface area (Å²) in [6.07, 6.45) is 1.43. The predicted molar refractivity (Wildman–Crippen MR) is 38.4 cm³/mol. The van der Waals surface area contributed by atoms with Crippen molar-refractivity contribution in [2.24, 2.45) is 5.16 Å². The molecule has 0 aliphatic carbocycles. The van der Waals surface area contributed by atoms with E-state index in [2.05, 4.69) is 5.16 Å². The third-order valence-electron chi connectivity index (χ3n) is 0.946. The molecule has 1 heterocycles. The van der Waals surface area contributed by atoms with Gasteiger partial charge in [-0.1, -0.05) is 5.16 Å². The highest BCUT2D eigenvalue weighted by Crippen LogP contribution is 2.11. The first-order chi connectivity index (χ1) is 4.33. The van der Waals surface area contributed by atoms with Gasteiger partial charge in [0.15, 0.2) is 0 Å². The Morgan fingerprint density at radius 2 is 2.44 bits per heavy atom. The topological polar surface area (TPSA) is 32.6 Å². The Morgan fingerprint density at radius 3 is 2.89 bits per heavy atom. The highest BCUT2D eigenvalue weighted by atomic mass is 32.1. The molecular formula is C6H7NOS. The van der Waals surface area contributed by atoms with E-state index in [4.69, 9.17) is 5.21 Å². The molecule has 1 N–H and O–H groups in total. The number of nitrogens with zero attached hydrogens (tertiary/aromatic N) is 1. The van der Waals surface area contributed by atoms with Gasteiger partial charge in [0.2, 0.25) is 0 Å². The van der Waals surface area contributed by atoms with Crippen LogP contribution < -0.4 is 0 Å². The molecule has 1 aromatic rings. The first-order valence-electron chi connectivity index (χ1n) is 2.57. The van der Waals surface area contributed by atoms with Gasteiger partial charge in [0.05, 0.1) is 6.21 Å². The van der Waals surface area contributed by atoms with Crippen molar-refractivity contribution < 1.29 is 5.21 Å². The lowest BCUT2D eigenvalue weighted by Gasteiger charge is -1.75. The molecule has 0 saturated carbocycles. The number of thiophene rings is 1. The number of hydrogen-bond acceptors (Lipinski definition) is 3. The highest BCUT2D eigenvalue weighted by molar-refractivity contribution is 7.13. The summed E-state index contributed by atoms with van der Waals surface area (Å²) >= 11 is 1.60. The molecule has 2 nitrogen and oxygen atoms in total. The maximum Gasteiger partial charge on any atom is 0.0833 e. The highest BCUT2D eigenvalue weighted by Gasteiger charge is 1.89. The number of aryl methyl sites for hydroxylation is 1. The van der Waals surface area contributed by atoms with Crippen molar-refractivity contribution in [1.82, 2.24) is 0 Å². The molecule has 0 fully saturated rings. The van der Waals surface area contributed by atoms with Crippen LogP contribution >= 0.6 is 11.3 Å². The maximum atomic E-state index is 8.11. The van der Waals surface area contributed by atoms with Crippen molar-refractivity contribution in [1.29, 1.82) is 0 Å². The second kappa shape index (κ2) is 2.64. The van der Waals surface area contributed by atoms with Gasteiger partial charge in [-0.25, -0.2) is 0 Å². The van der Waals surface area contributed by atoms with Crippen molar-refractivity contribution in [3.63, 3.8) is 0 Å². The van der Waals surface area contributed by atoms with E-state index < -0.39 is 0 Å². The minimum atomic E-state index is 0.981. The van der Waals surface area contributed by atoms with Gasteiger partial charge in [0.1, 0.15) is 0 Å². The molecule has 9 heavy (non-hydrogen) atoms. The summed E-state index contributed by atoms with van der Waals surface area (Å²) < 4.78 is 0. The van der Waals surface area contributed by atoms with E-state index in [1.54, 1.807) is 11.3 Å². The van der Waals surface area contributed by atoms with Crippen LogP contribution in [0, 0.1) is 6.92 Å². The summed E-state index contributed by atoms with van der Waals surface area (Å²) in [4.78, 5) is 2.21. The molecule has 0 bridgehead atoms. The van der Waals surface area contributed by atoms with Crippen molar-refractivity contribution >= 4 is 17.6 Å². The van der Waals surface area contributed by atoms with E-state index in [9.17, 15) is 0 Å². The van der Waals surface area contributed by atoms with Gasteiger partial charge >= 0.3 is 0 Å². The minimum Gasteiger partial charge on any atom is -0.411 e. The SMILES string of the molecule is Cc1ccc(/C=N/O)s1. The van der Waals surface area contributed by atoms with E-state index in [1.807, 2.05) is 19.1 Å². The summed E-state index contributed by atoms with van der Waals surface area (Å²) in [5, 5.41) is 11.0. The van der Waals surface area contributed by atoms with E-state index in [0.717, 1.165) is 4.88 Å². The van der Waals surface area contributed by atoms with Crippen LogP contribution in [-0.4, -0.2) is 11.4 Å². The van der Waals surface area contributed by atoms with E-state index >= 15 is 0 Å². The van der Waals surface area contributed by atoms with E-state index in [1.165, 1.54) is 11.1 Å². The summed E-state index contributed by atoms with van der Waals surface area (Å²) in [5.41, 5.74) is 0. The quantitative estimate of drug-likeness (QED) is 0.361. The first-order valence-corrected chi connectivity index (χ1v) is 3.38. The smallest absolute Gasteiger partial charge is 0.0833 e. The van der Waals surface area contributed by atoms with Gasteiger partial charge in [-0.15, -0.1) is 11.3 Å². The minimum absolute atomic E-state index is 0.981. The zero-order valence-corrected chi connectivity index (χ0v) is 5.85. The zero-order valence-electron chi connectivity index (χ0n) is 5.03. The fraction of sp³-hybridized carbons (Fsp3) is 0.167. The summed E-state index contributed by atoms with van der Waals surface area (Å²) in [7, 11) is 0. The Kier molecular flexibility index (Phi) is 1.85. The average Bonchev–Trinajstić information content (AvgIpc) is 2.17. The van der Waals surface area contributed by atoms with Crippen LogP contribution in [0.15, 0.2) is 17.3 Å². The normalized spacial score (nSPS) is 10.8. The van der Waals surface area contributed by atoms with Gasteiger partial charge in [-0.3, -0.25) is 0 Å². The molecule has 0 atom stereocenters. The van der Waals surface area contributed by atoms with Gasteiger partial charge in [-0.05, 0) is 19.1 Å². The van der Waals surface area contributed by atoms with Gasteiger partial charge in [-0.2, -0.15) is 0 Å². The van der Waals surface area contributed by atoms with Crippen molar-refractivity contribution in [2.45, 2.75) is 6.92 Å². The number of oxime groups is 1. The van der Waals surface area contributed by atoms with Crippen molar-refractivity contribution in [2.75, 3.05) is 0 Å². The Labute approximate surface area is 57.4 Å². The second-order valence-corrected chi connectivity index (χ2v) is 3.01. The lowest BCUT2D eigenvalue weighted by molar-refractivity contribution is 0.322. The van der Waals surface area contributed by atoms with Gasteiger partial charge in [0.25, 0.3) is 0 Å². The van der Waals surface area contributed by atoms with Crippen molar-refractivity contribution in [3.05, 3.63) is 21.9 Å². The molecule has 0 spiro atoms. The van der Waals surface area contributed by atoms with Crippen LogP contribution in [0.3, 0.4) is 0 Å². The van der Waals surface area contributed by atoms with Crippen LogP contribution in [0.2, 0.25) is 0 Å². The molecule has 48 valence electrons. The standard InChI is InChI=1S/C6H7NOS/c1-5-2-3-6(9-5)4-7-8/h2-4,8H,1H3/b7-4+. The Morgan fingerprint density at radius 1 is 1.67 bits per heavy atom. The largest absolute Gasteiger partial charge is 0.411 e. The van der Waals surface area contributed by atoms with E-state index in [0.29, 0.717) is 0 Å². The van der Waals surface area contributed by atoms with Gasteiger partial charge < -0.3 is 5.21 Å². The molecule has 0 unspecified atom stereocenters. The monoisotopic (exact) mass is 141 g/mol. The number of rotatable bonds is 1. The molecule has 1 rings (SSSR count). The summed E-state index contributed by atoms with van der Waals surface area (Å²) in [6, 6.07) is 3.90. The maximum absolute atomic E-state index is 8.11. The molecule has 0 aliphatic heterocycles. The zero-order chi connectivity index (χ0) is 6.69. The molecule has 0 aromatic carbocycles. The van der Waals surface area contributed by atoms with Gasteiger partial charge in [0, 0.05) is 9.75 Å². The molecule has 0 amide bonds. The molecular weight excluding hydrogens is 134 g/mol. The average molecular weight is 141 g/mol. The van der Waals surface area contributed by atoms with Crippen LogP contribution in [0.4, 0.5) is 0 Å². The Hall–Kier alpha value is -0.830. The van der Waals surface area contributed by atoms with Crippen LogP contribution in [0.5, 0.6) is 0 Å². The summed E-state index contributed by atoms with van der Waals surface area (Å²) in [6.45, 7) is 2.01. The molecule has 0 saturated heterocycles. The Balaban J connectivity index is 2.85. The lowest BCUT2D eigenvalue weighted by Crippen LogP contribution is -1.67. The van der Waals surface area contributed by atoms with Crippen molar-refractivity contribution in [3.8, 4) is 0 Å². The summed E-state index contributed by atoms with van der Waals surface area (Å²) in [5.74, 6) is 0. The molecule has 1 aromatic heterocycles. The van der Waals surface area contributed by atoms with Crippen LogP contribution in [0.1, 0.15) is 9.75 Å². The van der Waals surface area contributed by atoms with E-state index in [-0.39, 0.29) is 0 Å². The fourth-order valence-electron chi connectivity index (χ4n) is 0.580. The molecule has 0 radical (unpaired) electrons. The second-order valence-electron chi connectivity index (χ2n) is 1.69. The molecule has 3 heteroatoms. The van der Waals surface area contributed by atoms with Crippen LogP contribution in [-0.2, 0) is 0 Å². The third kappa shape index (κ3) is 1.54. The molecule has 0 aliphatic rings. The first kappa shape index (κ1) is 6.29.